The predicted octanol–water partition coefficient (Wildman–Crippen LogP) is -3.43. The van der Waals surface area contributed by atoms with Gasteiger partial charge in [0, 0.05) is 13.0 Å². The Kier molecular flexibility index (Phi) is 10.2. The van der Waals surface area contributed by atoms with Crippen LogP contribution in [0.5, 0.6) is 0 Å². The van der Waals surface area contributed by atoms with Gasteiger partial charge in [0.1, 0.15) is 18.1 Å². The van der Waals surface area contributed by atoms with Gasteiger partial charge in [-0.2, -0.15) is 0 Å². The van der Waals surface area contributed by atoms with Gasteiger partial charge in [-0.3, -0.25) is 28.8 Å². The molecule has 1 rings (SSSR count). The highest BCUT2D eigenvalue weighted by molar-refractivity contribution is 5.96. The molecule has 0 aromatic rings. The van der Waals surface area contributed by atoms with E-state index in [-0.39, 0.29) is 25.8 Å². The number of nitrogens with two attached hydrogens (primary N) is 2. The number of carboxylic acid groups (broad SMARTS) is 3. The van der Waals surface area contributed by atoms with Crippen LogP contribution in [0.4, 0.5) is 0 Å². The highest BCUT2D eigenvalue weighted by Gasteiger charge is 2.39. The number of carbonyl (C=O) groups is 7. The van der Waals surface area contributed by atoms with Gasteiger partial charge in [-0.1, -0.05) is 0 Å². The van der Waals surface area contributed by atoms with Crippen molar-refractivity contribution in [1.29, 1.82) is 0 Å². The molecular weight excluding hydrogens is 446 g/mol. The van der Waals surface area contributed by atoms with Gasteiger partial charge >= 0.3 is 17.9 Å². The maximum atomic E-state index is 12.8. The van der Waals surface area contributed by atoms with Crippen LogP contribution < -0.4 is 22.1 Å². The molecule has 0 bridgehead atoms. The third-order valence-electron chi connectivity index (χ3n) is 4.86. The van der Waals surface area contributed by atoms with Crippen LogP contribution in [-0.4, -0.2) is 92.5 Å². The number of primary amides is 1. The van der Waals surface area contributed by atoms with E-state index < -0.39 is 78.5 Å². The number of aliphatic carboxylic acids is 3. The molecule has 4 unspecified atom stereocenters. The Labute approximate surface area is 187 Å². The molecular formula is C18H27N5O10. The summed E-state index contributed by atoms with van der Waals surface area (Å²) >= 11 is 0. The van der Waals surface area contributed by atoms with E-state index in [2.05, 4.69) is 10.6 Å². The molecule has 1 heterocycles. The molecule has 9 N–H and O–H groups in total. The third kappa shape index (κ3) is 8.72. The summed E-state index contributed by atoms with van der Waals surface area (Å²) in [5.41, 5.74) is 10.5. The molecule has 4 atom stereocenters. The van der Waals surface area contributed by atoms with Crippen molar-refractivity contribution < 1.29 is 48.9 Å². The summed E-state index contributed by atoms with van der Waals surface area (Å²) in [5.74, 6) is -7.95. The maximum absolute atomic E-state index is 12.8. The van der Waals surface area contributed by atoms with E-state index in [4.69, 9.17) is 21.7 Å². The molecule has 0 aromatic heterocycles. The predicted molar refractivity (Wildman–Crippen MR) is 107 cm³/mol. The molecule has 4 amide bonds. The van der Waals surface area contributed by atoms with E-state index in [1.165, 1.54) is 0 Å². The normalized spacial score (nSPS) is 18.0. The van der Waals surface area contributed by atoms with Gasteiger partial charge in [-0.15, -0.1) is 0 Å². The first kappa shape index (κ1) is 27.3. The monoisotopic (exact) mass is 473 g/mol. The van der Waals surface area contributed by atoms with Crippen LogP contribution in [0.25, 0.3) is 0 Å². The molecule has 184 valence electrons. The molecule has 15 heteroatoms. The first-order valence-electron chi connectivity index (χ1n) is 9.95. The molecule has 0 radical (unpaired) electrons. The zero-order valence-corrected chi connectivity index (χ0v) is 17.6. The van der Waals surface area contributed by atoms with E-state index >= 15 is 0 Å². The van der Waals surface area contributed by atoms with Crippen molar-refractivity contribution in [3.05, 3.63) is 0 Å². The van der Waals surface area contributed by atoms with Crippen LogP contribution in [0.2, 0.25) is 0 Å². The molecule has 0 spiro atoms. The highest BCUT2D eigenvalue weighted by atomic mass is 16.4. The van der Waals surface area contributed by atoms with Crippen LogP contribution in [0.3, 0.4) is 0 Å². The average Bonchev–Trinajstić information content (AvgIpc) is 3.18. The Balaban J connectivity index is 3.03. The Hall–Kier alpha value is -3.75. The van der Waals surface area contributed by atoms with Gasteiger partial charge in [0.2, 0.25) is 23.6 Å². The second-order valence-corrected chi connectivity index (χ2v) is 7.46. The lowest BCUT2D eigenvalue weighted by Crippen LogP contribution is -2.57. The van der Waals surface area contributed by atoms with E-state index in [0.717, 1.165) is 4.90 Å². The lowest BCUT2D eigenvalue weighted by molar-refractivity contribution is -0.150. The van der Waals surface area contributed by atoms with Crippen LogP contribution in [0, 0.1) is 0 Å². The SMILES string of the molecule is NC(=O)CCC(NC(=O)C(N)CC(=O)O)C(=O)NC(CC(=O)O)C(=O)N1CCCC1C(=O)O. The van der Waals surface area contributed by atoms with Crippen molar-refractivity contribution >= 4 is 41.5 Å². The fraction of sp³-hybridized carbons (Fsp3) is 0.611. The Bertz CT molecular complexity index is 816. The first-order chi connectivity index (χ1) is 15.3. The topological polar surface area (TPSA) is 260 Å². The zero-order valence-electron chi connectivity index (χ0n) is 17.6. The number of hydrogen-bond donors (Lipinski definition) is 7. The summed E-state index contributed by atoms with van der Waals surface area (Å²) in [6.07, 6.45) is -1.81. The van der Waals surface area contributed by atoms with Crippen molar-refractivity contribution in [3.8, 4) is 0 Å². The molecule has 1 aliphatic rings. The summed E-state index contributed by atoms with van der Waals surface area (Å²) in [6, 6.07) is -5.85. The standard InChI is InChI=1S/C18H27N5O10/c19-8(6-13(25)26)15(29)21-9(3-4-12(20)24)16(30)22-10(7-14(27)28)17(31)23-5-1-2-11(23)18(32)33/h8-11H,1-7,19H2,(H2,20,24)(H,21,29)(H,22,30)(H,25,26)(H,27,28)(H,32,33). The lowest BCUT2D eigenvalue weighted by Gasteiger charge is -2.28. The maximum Gasteiger partial charge on any atom is 0.326 e. The largest absolute Gasteiger partial charge is 0.481 e. The van der Waals surface area contributed by atoms with E-state index in [1.807, 2.05) is 0 Å². The van der Waals surface area contributed by atoms with Crippen molar-refractivity contribution in [3.63, 3.8) is 0 Å². The van der Waals surface area contributed by atoms with Crippen molar-refractivity contribution in [1.82, 2.24) is 15.5 Å². The fourth-order valence-corrected chi connectivity index (χ4v) is 3.25. The minimum absolute atomic E-state index is 0.0493. The second kappa shape index (κ2) is 12.3. The first-order valence-corrected chi connectivity index (χ1v) is 9.95. The van der Waals surface area contributed by atoms with Crippen molar-refractivity contribution in [2.24, 2.45) is 11.5 Å². The fourth-order valence-electron chi connectivity index (χ4n) is 3.25. The quantitative estimate of drug-likeness (QED) is 0.138. The molecule has 1 fully saturated rings. The summed E-state index contributed by atoms with van der Waals surface area (Å²) < 4.78 is 0. The van der Waals surface area contributed by atoms with Gasteiger partial charge in [0.05, 0.1) is 18.9 Å². The molecule has 33 heavy (non-hydrogen) atoms. The summed E-state index contributed by atoms with van der Waals surface area (Å²) in [7, 11) is 0. The average molecular weight is 473 g/mol. The van der Waals surface area contributed by atoms with Crippen LogP contribution >= 0.6 is 0 Å². The zero-order chi connectivity index (χ0) is 25.3. The van der Waals surface area contributed by atoms with Gasteiger partial charge < -0.3 is 42.3 Å². The van der Waals surface area contributed by atoms with Crippen molar-refractivity contribution in [2.75, 3.05) is 6.54 Å². The number of likely N-dealkylation sites (tertiary alicyclic amines) is 1. The number of amides is 4. The number of nitrogens with one attached hydrogen (secondary N) is 2. The van der Waals surface area contributed by atoms with Gasteiger partial charge in [0.25, 0.3) is 0 Å². The van der Waals surface area contributed by atoms with Crippen molar-refractivity contribution in [2.45, 2.75) is 62.7 Å². The number of carbonyl (C=O) groups excluding carboxylic acids is 4. The summed E-state index contributed by atoms with van der Waals surface area (Å²) in [6.45, 7) is 0.0493. The Morgan fingerprint density at radius 1 is 0.909 bits per heavy atom. The van der Waals surface area contributed by atoms with Gasteiger partial charge in [0.15, 0.2) is 0 Å². The summed E-state index contributed by atoms with van der Waals surface area (Å²) in [4.78, 5) is 83.1. The van der Waals surface area contributed by atoms with Crippen LogP contribution in [0.1, 0.15) is 38.5 Å². The van der Waals surface area contributed by atoms with E-state index in [0.29, 0.717) is 6.42 Å². The second-order valence-electron chi connectivity index (χ2n) is 7.46. The lowest BCUT2D eigenvalue weighted by atomic mass is 10.1. The summed E-state index contributed by atoms with van der Waals surface area (Å²) in [5, 5.41) is 31.5. The minimum atomic E-state index is -1.66. The van der Waals surface area contributed by atoms with E-state index in [9.17, 15) is 38.7 Å². The highest BCUT2D eigenvalue weighted by Crippen LogP contribution is 2.19. The Morgan fingerprint density at radius 2 is 1.48 bits per heavy atom. The molecule has 1 saturated heterocycles. The number of nitrogens with zero attached hydrogens (tertiary/aromatic N) is 1. The smallest absolute Gasteiger partial charge is 0.326 e. The number of hydrogen-bond acceptors (Lipinski definition) is 8. The molecule has 15 nitrogen and oxygen atoms in total. The molecule has 0 aromatic carbocycles. The van der Waals surface area contributed by atoms with Gasteiger partial charge in [-0.25, -0.2) is 4.79 Å². The van der Waals surface area contributed by atoms with Crippen LogP contribution in [0.15, 0.2) is 0 Å². The van der Waals surface area contributed by atoms with Gasteiger partial charge in [-0.05, 0) is 19.3 Å². The van der Waals surface area contributed by atoms with E-state index in [1.54, 1.807) is 0 Å². The Morgan fingerprint density at radius 3 is 2.00 bits per heavy atom. The number of carboxylic acids is 3. The van der Waals surface area contributed by atoms with Crippen LogP contribution in [-0.2, 0) is 33.6 Å². The minimum Gasteiger partial charge on any atom is -0.481 e. The molecule has 0 saturated carbocycles. The molecule has 1 aliphatic heterocycles. The molecule has 0 aliphatic carbocycles. The number of rotatable bonds is 13. The third-order valence-corrected chi connectivity index (χ3v) is 4.86.